The Kier molecular flexibility index (Phi) is 9.42. The SMILES string of the molecule is C=CC(C)CCCC(C)(C)C(C(=O)ON(C(C)C)C(C)C)C(=O)c1ccc2ccccc2c1. The lowest BCUT2D eigenvalue weighted by molar-refractivity contribution is -0.215. The summed E-state index contributed by atoms with van der Waals surface area (Å²) in [5.41, 5.74) is -0.0100. The van der Waals surface area contributed by atoms with E-state index in [9.17, 15) is 9.59 Å². The molecule has 2 atom stereocenters. The third kappa shape index (κ3) is 7.01. The number of rotatable bonds is 12. The van der Waals surface area contributed by atoms with Crippen molar-refractivity contribution in [1.29, 1.82) is 0 Å². The van der Waals surface area contributed by atoms with Gasteiger partial charge in [0, 0.05) is 17.6 Å². The molecule has 33 heavy (non-hydrogen) atoms. The van der Waals surface area contributed by atoms with Crippen LogP contribution in [-0.4, -0.2) is 28.9 Å². The summed E-state index contributed by atoms with van der Waals surface area (Å²) in [4.78, 5) is 33.2. The molecule has 0 saturated heterocycles. The highest BCUT2D eigenvalue weighted by Gasteiger charge is 2.43. The first-order chi connectivity index (χ1) is 15.5. The fraction of sp³-hybridized carbons (Fsp3) is 0.517. The second-order valence-corrected chi connectivity index (χ2v) is 10.4. The van der Waals surface area contributed by atoms with Gasteiger partial charge in [-0.1, -0.05) is 69.7 Å². The molecule has 0 saturated carbocycles. The number of ketones is 1. The normalized spacial score (nSPS) is 14.0. The molecule has 0 bridgehead atoms. The number of benzene rings is 2. The molecule has 0 aromatic heterocycles. The molecule has 0 fully saturated rings. The number of allylic oxidation sites excluding steroid dienone is 1. The number of hydrogen-bond donors (Lipinski definition) is 0. The molecule has 2 rings (SSSR count). The molecule has 0 radical (unpaired) electrons. The van der Waals surface area contributed by atoms with Crippen LogP contribution in [0.4, 0.5) is 0 Å². The Morgan fingerprint density at radius 1 is 1.00 bits per heavy atom. The molecule has 0 aliphatic heterocycles. The van der Waals surface area contributed by atoms with Gasteiger partial charge in [-0.25, -0.2) is 4.79 Å². The Hall–Kier alpha value is -2.46. The molecule has 0 N–H and O–H groups in total. The number of hydrogen-bond acceptors (Lipinski definition) is 4. The Morgan fingerprint density at radius 3 is 2.18 bits per heavy atom. The lowest BCUT2D eigenvalue weighted by Crippen LogP contribution is -2.45. The average molecular weight is 452 g/mol. The van der Waals surface area contributed by atoms with Gasteiger partial charge in [0.25, 0.3) is 0 Å². The molecule has 2 unspecified atom stereocenters. The Balaban J connectivity index is 2.39. The second-order valence-electron chi connectivity index (χ2n) is 10.4. The van der Waals surface area contributed by atoms with Crippen LogP contribution in [0.2, 0.25) is 0 Å². The summed E-state index contributed by atoms with van der Waals surface area (Å²) >= 11 is 0. The maximum absolute atomic E-state index is 13.8. The maximum Gasteiger partial charge on any atom is 0.336 e. The minimum Gasteiger partial charge on any atom is -0.367 e. The summed E-state index contributed by atoms with van der Waals surface area (Å²) in [5, 5.41) is 3.73. The third-order valence-electron chi connectivity index (χ3n) is 6.41. The first kappa shape index (κ1) is 26.8. The molecular weight excluding hydrogens is 410 g/mol. The van der Waals surface area contributed by atoms with E-state index in [-0.39, 0.29) is 17.9 Å². The molecule has 0 aliphatic carbocycles. The highest BCUT2D eigenvalue weighted by Crippen LogP contribution is 2.37. The van der Waals surface area contributed by atoms with Crippen LogP contribution in [0.3, 0.4) is 0 Å². The van der Waals surface area contributed by atoms with E-state index in [1.54, 1.807) is 5.06 Å². The van der Waals surface area contributed by atoms with Crippen molar-refractivity contribution in [2.45, 2.75) is 79.8 Å². The van der Waals surface area contributed by atoms with Crippen LogP contribution >= 0.6 is 0 Å². The van der Waals surface area contributed by atoms with E-state index in [0.717, 1.165) is 30.0 Å². The minimum absolute atomic E-state index is 0.0157. The Morgan fingerprint density at radius 2 is 1.61 bits per heavy atom. The monoisotopic (exact) mass is 451 g/mol. The summed E-state index contributed by atoms with van der Waals surface area (Å²) in [7, 11) is 0. The van der Waals surface area contributed by atoms with Crippen molar-refractivity contribution in [3.63, 3.8) is 0 Å². The van der Waals surface area contributed by atoms with E-state index in [4.69, 9.17) is 4.84 Å². The number of nitrogens with zero attached hydrogens (tertiary/aromatic N) is 1. The molecule has 0 amide bonds. The number of fused-ring (bicyclic) bond motifs is 1. The second kappa shape index (κ2) is 11.6. The standard InChI is InChI=1S/C29H41NO3/c1-9-22(6)13-12-18-29(7,8)26(28(32)33-30(20(2)3)21(4)5)27(31)25-17-16-23-14-10-11-15-24(23)19-25/h9-11,14-17,19-22,26H,1,12-13,18H2,2-8H3. The smallest absolute Gasteiger partial charge is 0.336 e. The summed E-state index contributed by atoms with van der Waals surface area (Å²) in [6.07, 6.45) is 4.58. The van der Waals surface area contributed by atoms with E-state index in [2.05, 4.69) is 13.5 Å². The zero-order valence-corrected chi connectivity index (χ0v) is 21.4. The third-order valence-corrected chi connectivity index (χ3v) is 6.41. The first-order valence-corrected chi connectivity index (χ1v) is 12.1. The van der Waals surface area contributed by atoms with Gasteiger partial charge in [0.15, 0.2) is 5.78 Å². The number of carbonyl (C=O) groups excluding carboxylic acids is 2. The molecule has 4 heteroatoms. The van der Waals surface area contributed by atoms with Crippen LogP contribution in [0.1, 0.15) is 78.1 Å². The van der Waals surface area contributed by atoms with Crippen LogP contribution < -0.4 is 0 Å². The summed E-state index contributed by atoms with van der Waals surface area (Å²) in [5.74, 6) is -1.14. The number of carbonyl (C=O) groups is 2. The van der Waals surface area contributed by atoms with Crippen LogP contribution in [0.25, 0.3) is 10.8 Å². The van der Waals surface area contributed by atoms with Gasteiger partial charge in [0.05, 0.1) is 0 Å². The average Bonchev–Trinajstić information content (AvgIpc) is 2.76. The van der Waals surface area contributed by atoms with Gasteiger partial charge in [0.1, 0.15) is 5.92 Å². The first-order valence-electron chi connectivity index (χ1n) is 12.1. The highest BCUT2D eigenvalue weighted by atomic mass is 16.7. The maximum atomic E-state index is 13.8. The van der Waals surface area contributed by atoms with Crippen molar-refractivity contribution in [1.82, 2.24) is 5.06 Å². The quantitative estimate of drug-likeness (QED) is 0.148. The van der Waals surface area contributed by atoms with Crippen LogP contribution in [0.5, 0.6) is 0 Å². The molecule has 0 aliphatic rings. The summed E-state index contributed by atoms with van der Waals surface area (Å²) in [6, 6.07) is 13.6. The predicted octanol–water partition coefficient (Wildman–Crippen LogP) is 7.23. The Labute approximate surface area is 200 Å². The zero-order chi connectivity index (χ0) is 24.8. The molecule has 4 nitrogen and oxygen atoms in total. The van der Waals surface area contributed by atoms with Crippen molar-refractivity contribution in [2.24, 2.45) is 17.3 Å². The van der Waals surface area contributed by atoms with Crippen LogP contribution in [0.15, 0.2) is 55.1 Å². The molecule has 2 aromatic rings. The highest BCUT2D eigenvalue weighted by molar-refractivity contribution is 6.10. The van der Waals surface area contributed by atoms with Gasteiger partial charge >= 0.3 is 5.97 Å². The molecule has 0 spiro atoms. The van der Waals surface area contributed by atoms with Crippen LogP contribution in [0, 0.1) is 17.3 Å². The largest absolute Gasteiger partial charge is 0.367 e. The summed E-state index contributed by atoms with van der Waals surface area (Å²) < 4.78 is 0. The fourth-order valence-electron chi connectivity index (χ4n) is 4.40. The van der Waals surface area contributed by atoms with E-state index in [1.165, 1.54) is 0 Å². The molecule has 180 valence electrons. The van der Waals surface area contributed by atoms with Gasteiger partial charge in [-0.15, -0.1) is 11.6 Å². The van der Waals surface area contributed by atoms with Crippen molar-refractivity contribution in [3.05, 3.63) is 60.7 Å². The van der Waals surface area contributed by atoms with Gasteiger partial charge in [-0.3, -0.25) is 4.79 Å². The van der Waals surface area contributed by atoms with Crippen molar-refractivity contribution in [3.8, 4) is 0 Å². The lowest BCUT2D eigenvalue weighted by atomic mass is 9.71. The Bertz CT molecular complexity index is 952. The van der Waals surface area contributed by atoms with Gasteiger partial charge < -0.3 is 4.84 Å². The molecule has 0 heterocycles. The van der Waals surface area contributed by atoms with Gasteiger partial charge in [0.2, 0.25) is 0 Å². The molecular formula is C29H41NO3. The van der Waals surface area contributed by atoms with E-state index in [1.807, 2.05) is 90.1 Å². The lowest BCUT2D eigenvalue weighted by Gasteiger charge is -2.35. The van der Waals surface area contributed by atoms with Crippen molar-refractivity contribution < 1.29 is 14.4 Å². The van der Waals surface area contributed by atoms with Crippen molar-refractivity contribution >= 4 is 22.5 Å². The predicted molar refractivity (Wildman–Crippen MR) is 137 cm³/mol. The van der Waals surface area contributed by atoms with Gasteiger partial charge in [-0.2, -0.15) is 0 Å². The van der Waals surface area contributed by atoms with E-state index < -0.39 is 17.3 Å². The van der Waals surface area contributed by atoms with Crippen LogP contribution in [-0.2, 0) is 9.63 Å². The minimum atomic E-state index is -0.891. The number of hydroxylamine groups is 2. The summed E-state index contributed by atoms with van der Waals surface area (Å²) in [6.45, 7) is 17.9. The zero-order valence-electron chi connectivity index (χ0n) is 21.4. The van der Waals surface area contributed by atoms with Crippen molar-refractivity contribution in [2.75, 3.05) is 0 Å². The van der Waals surface area contributed by atoms with E-state index in [0.29, 0.717) is 11.5 Å². The van der Waals surface area contributed by atoms with Gasteiger partial charge in [-0.05, 0) is 68.7 Å². The van der Waals surface area contributed by atoms with E-state index >= 15 is 0 Å². The fourth-order valence-corrected chi connectivity index (χ4v) is 4.40. The molecule has 2 aromatic carbocycles. The topological polar surface area (TPSA) is 46.6 Å². The number of Topliss-reactive ketones (excluding diaryl/α,β-unsaturated/α-hetero) is 1.